The average molecular weight is 259 g/mol. The van der Waals surface area contributed by atoms with Gasteiger partial charge in [0.15, 0.2) is 0 Å². The van der Waals surface area contributed by atoms with Crippen LogP contribution in [0.15, 0.2) is 22.7 Å². The molecule has 14 heavy (non-hydrogen) atoms. The normalized spacial score (nSPS) is 12.6. The van der Waals surface area contributed by atoms with E-state index in [0.29, 0.717) is 0 Å². The standard InChI is InChI=1S/C10H15BrN2O/c1-3-10(13-12)8-6-7(14-2)4-5-9(8)11/h4-6,10,13H,3,12H2,1-2H3. The van der Waals surface area contributed by atoms with Gasteiger partial charge in [0.2, 0.25) is 0 Å². The van der Waals surface area contributed by atoms with Crippen LogP contribution < -0.4 is 16.0 Å². The van der Waals surface area contributed by atoms with Crippen molar-refractivity contribution in [1.29, 1.82) is 0 Å². The maximum absolute atomic E-state index is 5.46. The van der Waals surface area contributed by atoms with Crippen LogP contribution in [0.2, 0.25) is 0 Å². The van der Waals surface area contributed by atoms with E-state index in [2.05, 4.69) is 28.3 Å². The number of methoxy groups -OCH3 is 1. The summed E-state index contributed by atoms with van der Waals surface area (Å²) < 4.78 is 6.20. The molecule has 1 atom stereocenters. The van der Waals surface area contributed by atoms with E-state index in [0.717, 1.165) is 22.2 Å². The third-order valence-corrected chi connectivity index (χ3v) is 2.91. The van der Waals surface area contributed by atoms with Gasteiger partial charge < -0.3 is 4.74 Å². The van der Waals surface area contributed by atoms with E-state index in [-0.39, 0.29) is 6.04 Å². The number of hydrazine groups is 1. The van der Waals surface area contributed by atoms with Crippen LogP contribution in [0.25, 0.3) is 0 Å². The average Bonchev–Trinajstić information content (AvgIpc) is 2.22. The Labute approximate surface area is 92.7 Å². The highest BCUT2D eigenvalue weighted by molar-refractivity contribution is 9.10. The van der Waals surface area contributed by atoms with Gasteiger partial charge in [0.05, 0.1) is 7.11 Å². The number of rotatable bonds is 4. The van der Waals surface area contributed by atoms with Crippen LogP contribution >= 0.6 is 15.9 Å². The summed E-state index contributed by atoms with van der Waals surface area (Å²) in [6.07, 6.45) is 0.933. The molecule has 0 spiro atoms. The molecule has 1 unspecified atom stereocenters. The lowest BCUT2D eigenvalue weighted by Crippen LogP contribution is -2.27. The SMILES string of the molecule is CCC(NN)c1cc(OC)ccc1Br. The highest BCUT2D eigenvalue weighted by Crippen LogP contribution is 2.28. The molecule has 0 aliphatic carbocycles. The molecule has 1 aromatic carbocycles. The molecule has 0 bridgehead atoms. The summed E-state index contributed by atoms with van der Waals surface area (Å²) in [6, 6.07) is 6.02. The number of hydrogen-bond acceptors (Lipinski definition) is 3. The minimum atomic E-state index is 0.152. The Balaban J connectivity index is 3.04. The van der Waals surface area contributed by atoms with E-state index >= 15 is 0 Å². The molecule has 3 nitrogen and oxygen atoms in total. The Kier molecular flexibility index (Phi) is 4.38. The van der Waals surface area contributed by atoms with Crippen molar-refractivity contribution >= 4 is 15.9 Å². The second-order valence-corrected chi connectivity index (χ2v) is 3.87. The molecule has 0 radical (unpaired) electrons. The lowest BCUT2D eigenvalue weighted by atomic mass is 10.1. The van der Waals surface area contributed by atoms with Crippen LogP contribution in [0.4, 0.5) is 0 Å². The van der Waals surface area contributed by atoms with Crippen molar-refractivity contribution in [2.24, 2.45) is 5.84 Å². The molecule has 1 rings (SSSR count). The van der Waals surface area contributed by atoms with Crippen molar-refractivity contribution < 1.29 is 4.74 Å². The maximum atomic E-state index is 5.46. The Bertz CT molecular complexity index is 300. The first-order valence-electron chi connectivity index (χ1n) is 4.52. The number of ether oxygens (including phenoxy) is 1. The molecule has 1 aromatic rings. The highest BCUT2D eigenvalue weighted by Gasteiger charge is 2.11. The fourth-order valence-electron chi connectivity index (χ4n) is 1.34. The van der Waals surface area contributed by atoms with Gasteiger partial charge in [-0.15, -0.1) is 0 Å². The van der Waals surface area contributed by atoms with Crippen molar-refractivity contribution in [2.75, 3.05) is 7.11 Å². The van der Waals surface area contributed by atoms with E-state index in [4.69, 9.17) is 10.6 Å². The van der Waals surface area contributed by atoms with Crippen LogP contribution in [0.1, 0.15) is 24.9 Å². The molecule has 0 fully saturated rings. The summed E-state index contributed by atoms with van der Waals surface area (Å²) in [5, 5.41) is 0. The van der Waals surface area contributed by atoms with Gasteiger partial charge in [0, 0.05) is 10.5 Å². The van der Waals surface area contributed by atoms with E-state index in [1.807, 2.05) is 18.2 Å². The number of hydrogen-bond donors (Lipinski definition) is 2. The van der Waals surface area contributed by atoms with Gasteiger partial charge in [0.1, 0.15) is 5.75 Å². The molecular formula is C10H15BrN2O. The number of nitrogens with two attached hydrogens (primary N) is 1. The lowest BCUT2D eigenvalue weighted by Gasteiger charge is -2.16. The third kappa shape index (κ3) is 2.47. The fourth-order valence-corrected chi connectivity index (χ4v) is 1.87. The van der Waals surface area contributed by atoms with Crippen molar-refractivity contribution in [3.05, 3.63) is 28.2 Å². The van der Waals surface area contributed by atoms with Gasteiger partial charge in [-0.2, -0.15) is 0 Å². The Morgan fingerprint density at radius 1 is 1.57 bits per heavy atom. The molecule has 0 aromatic heterocycles. The quantitative estimate of drug-likeness (QED) is 0.644. The van der Waals surface area contributed by atoms with E-state index < -0.39 is 0 Å². The van der Waals surface area contributed by atoms with Gasteiger partial charge in [-0.1, -0.05) is 22.9 Å². The number of nitrogens with one attached hydrogen (secondary N) is 1. The fraction of sp³-hybridized carbons (Fsp3) is 0.400. The minimum absolute atomic E-state index is 0.152. The molecule has 0 heterocycles. The summed E-state index contributed by atoms with van der Waals surface area (Å²) in [4.78, 5) is 0. The number of halogens is 1. The lowest BCUT2D eigenvalue weighted by molar-refractivity contribution is 0.412. The molecule has 0 saturated heterocycles. The Morgan fingerprint density at radius 3 is 2.79 bits per heavy atom. The summed E-state index contributed by atoms with van der Waals surface area (Å²) in [6.45, 7) is 2.08. The smallest absolute Gasteiger partial charge is 0.119 e. The molecule has 0 aliphatic rings. The Morgan fingerprint density at radius 2 is 2.29 bits per heavy atom. The molecule has 0 aliphatic heterocycles. The molecule has 0 saturated carbocycles. The molecule has 3 N–H and O–H groups in total. The maximum Gasteiger partial charge on any atom is 0.119 e. The summed E-state index contributed by atoms with van der Waals surface area (Å²) in [5.41, 5.74) is 3.89. The second kappa shape index (κ2) is 5.34. The van der Waals surface area contributed by atoms with E-state index in [9.17, 15) is 0 Å². The molecular weight excluding hydrogens is 244 g/mol. The van der Waals surface area contributed by atoms with Gasteiger partial charge >= 0.3 is 0 Å². The van der Waals surface area contributed by atoms with Crippen LogP contribution in [0, 0.1) is 0 Å². The van der Waals surface area contributed by atoms with E-state index in [1.165, 1.54) is 0 Å². The van der Waals surface area contributed by atoms with Crippen LogP contribution in [0.3, 0.4) is 0 Å². The van der Waals surface area contributed by atoms with E-state index in [1.54, 1.807) is 7.11 Å². The second-order valence-electron chi connectivity index (χ2n) is 3.01. The number of benzene rings is 1. The van der Waals surface area contributed by atoms with Gasteiger partial charge in [-0.05, 0) is 30.2 Å². The third-order valence-electron chi connectivity index (χ3n) is 2.19. The topological polar surface area (TPSA) is 47.3 Å². The van der Waals surface area contributed by atoms with Crippen LogP contribution in [-0.4, -0.2) is 7.11 Å². The first-order valence-corrected chi connectivity index (χ1v) is 5.31. The summed E-state index contributed by atoms with van der Waals surface area (Å²) in [7, 11) is 1.66. The predicted octanol–water partition coefficient (Wildman–Crippen LogP) is 2.37. The van der Waals surface area contributed by atoms with Crippen LogP contribution in [0.5, 0.6) is 5.75 Å². The van der Waals surface area contributed by atoms with Crippen molar-refractivity contribution in [3.8, 4) is 5.75 Å². The molecule has 0 amide bonds. The first-order chi connectivity index (χ1) is 6.72. The zero-order valence-corrected chi connectivity index (χ0v) is 9.97. The molecule has 78 valence electrons. The summed E-state index contributed by atoms with van der Waals surface area (Å²) >= 11 is 3.49. The van der Waals surface area contributed by atoms with Crippen molar-refractivity contribution in [3.63, 3.8) is 0 Å². The predicted molar refractivity (Wildman–Crippen MR) is 61.0 cm³/mol. The van der Waals surface area contributed by atoms with Gasteiger partial charge in [0.25, 0.3) is 0 Å². The minimum Gasteiger partial charge on any atom is -0.497 e. The Hall–Kier alpha value is -0.580. The summed E-state index contributed by atoms with van der Waals surface area (Å²) in [5.74, 6) is 6.31. The zero-order valence-electron chi connectivity index (χ0n) is 8.38. The van der Waals surface area contributed by atoms with Gasteiger partial charge in [-0.3, -0.25) is 11.3 Å². The first kappa shape index (κ1) is 11.5. The molecule has 4 heteroatoms. The van der Waals surface area contributed by atoms with Crippen molar-refractivity contribution in [1.82, 2.24) is 5.43 Å². The van der Waals surface area contributed by atoms with Crippen LogP contribution in [-0.2, 0) is 0 Å². The largest absolute Gasteiger partial charge is 0.497 e. The van der Waals surface area contributed by atoms with Gasteiger partial charge in [-0.25, -0.2) is 0 Å². The zero-order chi connectivity index (χ0) is 10.6. The monoisotopic (exact) mass is 258 g/mol. The highest BCUT2D eigenvalue weighted by atomic mass is 79.9. The van der Waals surface area contributed by atoms with Crippen molar-refractivity contribution in [2.45, 2.75) is 19.4 Å².